The molecule has 2 aromatic heterocycles. The largest absolute Gasteiger partial charge is 0.467 e. The molecule has 4 aromatic rings. The standard InChI is InChI=1S/C25H26N4O2/c1-18-15-19-7-2-4-9-22(19)29(18)16-24-20(11-14-31-24)25(30)26-12-6-13-28-17-27-21-8-3-5-10-23(21)28/h2-5,7-11,14,17-18H,6,12-13,15-16H2,1H3,(H,26,30). The van der Waals surface area contributed by atoms with Crippen LogP contribution in [0.2, 0.25) is 0 Å². The highest BCUT2D eigenvalue weighted by molar-refractivity contribution is 5.95. The fourth-order valence-electron chi connectivity index (χ4n) is 4.43. The van der Waals surface area contributed by atoms with Crippen LogP contribution in [0.1, 0.15) is 35.0 Å². The number of fused-ring (bicyclic) bond motifs is 2. The van der Waals surface area contributed by atoms with Gasteiger partial charge in [0.25, 0.3) is 5.91 Å². The van der Waals surface area contributed by atoms with Crippen LogP contribution in [-0.2, 0) is 19.5 Å². The van der Waals surface area contributed by atoms with Crippen molar-refractivity contribution in [1.29, 1.82) is 0 Å². The number of hydrogen-bond donors (Lipinski definition) is 1. The number of furan rings is 1. The van der Waals surface area contributed by atoms with Crippen molar-refractivity contribution in [1.82, 2.24) is 14.9 Å². The van der Waals surface area contributed by atoms with E-state index in [2.05, 4.69) is 57.0 Å². The lowest BCUT2D eigenvalue weighted by Crippen LogP contribution is -2.30. The molecule has 158 valence electrons. The highest BCUT2D eigenvalue weighted by Gasteiger charge is 2.27. The van der Waals surface area contributed by atoms with E-state index < -0.39 is 0 Å². The normalized spacial score (nSPS) is 15.4. The molecule has 31 heavy (non-hydrogen) atoms. The molecule has 1 unspecified atom stereocenters. The maximum absolute atomic E-state index is 12.8. The van der Waals surface area contributed by atoms with Crippen LogP contribution in [0.5, 0.6) is 0 Å². The number of hydrogen-bond acceptors (Lipinski definition) is 4. The molecule has 2 aromatic carbocycles. The average Bonchev–Trinajstić information content (AvgIpc) is 3.49. The highest BCUT2D eigenvalue weighted by Crippen LogP contribution is 2.33. The van der Waals surface area contributed by atoms with E-state index in [1.165, 1.54) is 11.3 Å². The molecule has 0 spiro atoms. The van der Waals surface area contributed by atoms with Crippen molar-refractivity contribution in [3.05, 3.63) is 84.1 Å². The number of carbonyl (C=O) groups excluding carboxylic acids is 1. The lowest BCUT2D eigenvalue weighted by molar-refractivity contribution is 0.0950. The summed E-state index contributed by atoms with van der Waals surface area (Å²) in [4.78, 5) is 19.5. The van der Waals surface area contributed by atoms with E-state index in [9.17, 15) is 4.79 Å². The number of carbonyl (C=O) groups is 1. The number of aromatic nitrogens is 2. The van der Waals surface area contributed by atoms with Crippen LogP contribution in [0.4, 0.5) is 5.69 Å². The van der Waals surface area contributed by atoms with Crippen LogP contribution in [0.3, 0.4) is 0 Å². The molecule has 0 radical (unpaired) electrons. The van der Waals surface area contributed by atoms with Gasteiger partial charge in [0, 0.05) is 24.8 Å². The van der Waals surface area contributed by atoms with Crippen molar-refractivity contribution < 1.29 is 9.21 Å². The molecule has 1 aliphatic heterocycles. The molecule has 0 aliphatic carbocycles. The number of amides is 1. The number of imidazole rings is 1. The third-order valence-electron chi connectivity index (χ3n) is 6.04. The molecule has 0 saturated heterocycles. The quantitative estimate of drug-likeness (QED) is 0.455. The predicted octanol–water partition coefficient (Wildman–Crippen LogP) is 4.40. The molecular weight excluding hydrogens is 388 g/mol. The van der Waals surface area contributed by atoms with Gasteiger partial charge < -0.3 is 19.2 Å². The van der Waals surface area contributed by atoms with Crippen LogP contribution in [-0.4, -0.2) is 28.0 Å². The Morgan fingerprint density at radius 1 is 1.16 bits per heavy atom. The molecule has 0 fully saturated rings. The van der Waals surface area contributed by atoms with E-state index in [0.717, 1.165) is 30.4 Å². The lowest BCUT2D eigenvalue weighted by atomic mass is 10.1. The first-order valence-electron chi connectivity index (χ1n) is 10.8. The van der Waals surface area contributed by atoms with Gasteiger partial charge in [0.05, 0.1) is 35.7 Å². The first kappa shape index (κ1) is 19.4. The Hall–Kier alpha value is -3.54. The minimum absolute atomic E-state index is 0.0839. The van der Waals surface area contributed by atoms with E-state index in [0.29, 0.717) is 30.5 Å². The second-order valence-corrected chi connectivity index (χ2v) is 8.10. The summed E-state index contributed by atoms with van der Waals surface area (Å²) in [6.07, 6.45) is 5.31. The minimum atomic E-state index is -0.0839. The van der Waals surface area contributed by atoms with E-state index >= 15 is 0 Å². The van der Waals surface area contributed by atoms with Gasteiger partial charge in [-0.3, -0.25) is 4.79 Å². The van der Waals surface area contributed by atoms with Crippen molar-refractivity contribution in [2.24, 2.45) is 0 Å². The van der Waals surface area contributed by atoms with Crippen LogP contribution in [0.25, 0.3) is 11.0 Å². The van der Waals surface area contributed by atoms with Crippen LogP contribution in [0.15, 0.2) is 71.6 Å². The zero-order valence-corrected chi connectivity index (χ0v) is 17.6. The second-order valence-electron chi connectivity index (χ2n) is 8.10. The van der Waals surface area contributed by atoms with Gasteiger partial charge in [-0.05, 0) is 49.6 Å². The third kappa shape index (κ3) is 3.81. The van der Waals surface area contributed by atoms with Crippen LogP contribution >= 0.6 is 0 Å². The topological polar surface area (TPSA) is 63.3 Å². The van der Waals surface area contributed by atoms with Gasteiger partial charge in [0.2, 0.25) is 0 Å². The van der Waals surface area contributed by atoms with Crippen molar-refractivity contribution >= 4 is 22.6 Å². The zero-order chi connectivity index (χ0) is 21.2. The van der Waals surface area contributed by atoms with Gasteiger partial charge in [0.1, 0.15) is 5.76 Å². The van der Waals surface area contributed by atoms with Gasteiger partial charge >= 0.3 is 0 Å². The summed E-state index contributed by atoms with van der Waals surface area (Å²) in [6.45, 7) is 4.21. The number of benzene rings is 2. The minimum Gasteiger partial charge on any atom is -0.467 e. The number of anilines is 1. The molecule has 1 atom stereocenters. The van der Waals surface area contributed by atoms with Crippen LogP contribution in [0, 0.1) is 0 Å². The molecule has 6 heteroatoms. The third-order valence-corrected chi connectivity index (χ3v) is 6.04. The summed E-state index contributed by atoms with van der Waals surface area (Å²) < 4.78 is 7.83. The Morgan fingerprint density at radius 3 is 2.94 bits per heavy atom. The summed E-state index contributed by atoms with van der Waals surface area (Å²) in [6, 6.07) is 18.7. The van der Waals surface area contributed by atoms with E-state index in [4.69, 9.17) is 4.42 Å². The fourth-order valence-corrected chi connectivity index (χ4v) is 4.43. The summed E-state index contributed by atoms with van der Waals surface area (Å²) >= 11 is 0. The van der Waals surface area contributed by atoms with E-state index in [-0.39, 0.29) is 5.91 Å². The van der Waals surface area contributed by atoms with Gasteiger partial charge in [-0.1, -0.05) is 30.3 Å². The number of nitrogens with zero attached hydrogens (tertiary/aromatic N) is 3. The zero-order valence-electron chi connectivity index (χ0n) is 17.6. The Balaban J connectivity index is 1.19. The number of nitrogens with one attached hydrogen (secondary N) is 1. The molecule has 6 nitrogen and oxygen atoms in total. The first-order valence-corrected chi connectivity index (χ1v) is 10.8. The maximum Gasteiger partial charge on any atom is 0.254 e. The Labute approximate surface area is 181 Å². The summed E-state index contributed by atoms with van der Waals surface area (Å²) in [5.41, 5.74) is 5.30. The average molecular weight is 415 g/mol. The predicted molar refractivity (Wildman–Crippen MR) is 121 cm³/mol. The summed E-state index contributed by atoms with van der Waals surface area (Å²) in [5.74, 6) is 0.626. The molecule has 0 saturated carbocycles. The SMILES string of the molecule is CC1Cc2ccccc2N1Cc1occc1C(=O)NCCCn1cnc2ccccc21. The molecular formula is C25H26N4O2. The van der Waals surface area contributed by atoms with E-state index in [1.807, 2.05) is 24.5 Å². The van der Waals surface area contributed by atoms with Crippen molar-refractivity contribution in [2.45, 2.75) is 38.9 Å². The molecule has 1 N–H and O–H groups in total. The first-order chi connectivity index (χ1) is 15.2. The second kappa shape index (κ2) is 8.30. The van der Waals surface area contributed by atoms with E-state index in [1.54, 1.807) is 12.3 Å². The Kier molecular flexibility index (Phi) is 5.20. The Morgan fingerprint density at radius 2 is 2.00 bits per heavy atom. The summed E-state index contributed by atoms with van der Waals surface area (Å²) in [5, 5.41) is 3.04. The van der Waals surface area contributed by atoms with Crippen molar-refractivity contribution in [2.75, 3.05) is 11.4 Å². The lowest BCUT2D eigenvalue weighted by Gasteiger charge is -2.24. The van der Waals surface area contributed by atoms with Crippen molar-refractivity contribution in [3.8, 4) is 0 Å². The monoisotopic (exact) mass is 414 g/mol. The Bertz CT molecular complexity index is 1210. The van der Waals surface area contributed by atoms with Crippen molar-refractivity contribution in [3.63, 3.8) is 0 Å². The molecule has 0 bridgehead atoms. The van der Waals surface area contributed by atoms with Crippen LogP contribution < -0.4 is 10.2 Å². The number of para-hydroxylation sites is 3. The molecule has 1 aliphatic rings. The maximum atomic E-state index is 12.8. The van der Waals surface area contributed by atoms with Gasteiger partial charge in [-0.2, -0.15) is 0 Å². The highest BCUT2D eigenvalue weighted by atomic mass is 16.3. The van der Waals surface area contributed by atoms with Gasteiger partial charge in [0.15, 0.2) is 0 Å². The molecule has 5 rings (SSSR count). The fraction of sp³-hybridized carbons (Fsp3) is 0.280. The smallest absolute Gasteiger partial charge is 0.254 e. The number of rotatable bonds is 7. The summed E-state index contributed by atoms with van der Waals surface area (Å²) in [7, 11) is 0. The van der Waals surface area contributed by atoms with Gasteiger partial charge in [-0.15, -0.1) is 0 Å². The number of aryl methyl sites for hydroxylation is 1. The molecule has 1 amide bonds. The van der Waals surface area contributed by atoms with Gasteiger partial charge in [-0.25, -0.2) is 4.98 Å². The molecule has 3 heterocycles.